The molecule has 1 amide bonds. The van der Waals surface area contributed by atoms with Crippen LogP contribution < -0.4 is 9.47 Å². The molecule has 0 saturated heterocycles. The summed E-state index contributed by atoms with van der Waals surface area (Å²) in [6, 6.07) is 5.39. The molecular formula is C22H26N2O4. The Hall–Kier alpha value is -2.76. The first-order chi connectivity index (χ1) is 13.6. The molecule has 1 aromatic carbocycles. The fourth-order valence-corrected chi connectivity index (χ4v) is 4.83. The normalized spacial score (nSPS) is 25.5. The molecule has 28 heavy (non-hydrogen) atoms. The molecule has 6 heteroatoms. The zero-order valence-corrected chi connectivity index (χ0v) is 16.7. The van der Waals surface area contributed by atoms with Crippen molar-refractivity contribution in [3.63, 3.8) is 0 Å². The smallest absolute Gasteiger partial charge is 0.256 e. The highest BCUT2D eigenvalue weighted by molar-refractivity contribution is 6.05. The van der Waals surface area contributed by atoms with Crippen LogP contribution in [-0.4, -0.2) is 49.6 Å². The summed E-state index contributed by atoms with van der Waals surface area (Å²) in [6.07, 6.45) is 5.25. The monoisotopic (exact) mass is 382 g/mol. The van der Waals surface area contributed by atoms with Crippen LogP contribution >= 0.6 is 0 Å². The Morgan fingerprint density at radius 2 is 2.11 bits per heavy atom. The number of ether oxygens (including phenoxy) is 3. The Kier molecular flexibility index (Phi) is 4.65. The number of amides is 1. The Morgan fingerprint density at radius 1 is 1.29 bits per heavy atom. The molecule has 3 heterocycles. The Bertz CT molecular complexity index is 889. The third-order valence-corrected chi connectivity index (χ3v) is 6.05. The van der Waals surface area contributed by atoms with Crippen molar-refractivity contribution < 1.29 is 19.0 Å². The lowest BCUT2D eigenvalue weighted by Gasteiger charge is -2.49. The minimum atomic E-state index is -0.794. The van der Waals surface area contributed by atoms with Gasteiger partial charge in [-0.25, -0.2) is 4.99 Å². The van der Waals surface area contributed by atoms with E-state index in [-0.39, 0.29) is 11.9 Å². The predicted molar refractivity (Wildman–Crippen MR) is 107 cm³/mol. The van der Waals surface area contributed by atoms with Crippen LogP contribution in [0.5, 0.6) is 11.5 Å². The molecule has 0 aromatic heterocycles. The maximum absolute atomic E-state index is 13.6. The third kappa shape index (κ3) is 2.54. The molecule has 1 saturated carbocycles. The van der Waals surface area contributed by atoms with Crippen LogP contribution in [-0.2, 0) is 16.1 Å². The van der Waals surface area contributed by atoms with E-state index in [1.54, 1.807) is 21.3 Å². The van der Waals surface area contributed by atoms with Gasteiger partial charge >= 0.3 is 0 Å². The van der Waals surface area contributed by atoms with Crippen LogP contribution in [0.25, 0.3) is 0 Å². The number of benzene rings is 1. The van der Waals surface area contributed by atoms with E-state index < -0.39 is 5.54 Å². The van der Waals surface area contributed by atoms with Crippen molar-refractivity contribution >= 4 is 11.8 Å². The maximum Gasteiger partial charge on any atom is 0.256 e. The lowest BCUT2D eigenvalue weighted by molar-refractivity contribution is -0.139. The predicted octanol–water partition coefficient (Wildman–Crippen LogP) is 3.27. The number of fused-ring (bicyclic) bond motifs is 1. The van der Waals surface area contributed by atoms with Gasteiger partial charge in [-0.2, -0.15) is 0 Å². The summed E-state index contributed by atoms with van der Waals surface area (Å²) in [6.45, 7) is 4.35. The molecule has 1 fully saturated rings. The van der Waals surface area contributed by atoms with Crippen molar-refractivity contribution in [2.45, 2.75) is 43.8 Å². The minimum absolute atomic E-state index is 0.0662. The van der Waals surface area contributed by atoms with Crippen LogP contribution in [0.3, 0.4) is 0 Å². The molecule has 3 aliphatic heterocycles. The van der Waals surface area contributed by atoms with E-state index in [0.717, 1.165) is 37.0 Å². The van der Waals surface area contributed by atoms with Gasteiger partial charge < -0.3 is 19.1 Å². The molecule has 5 rings (SSSR count). The van der Waals surface area contributed by atoms with Crippen LogP contribution in [0, 0.1) is 0 Å². The van der Waals surface area contributed by atoms with Gasteiger partial charge in [0.05, 0.1) is 27.9 Å². The summed E-state index contributed by atoms with van der Waals surface area (Å²) in [4.78, 5) is 20.3. The minimum Gasteiger partial charge on any atom is -0.497 e. The third-order valence-electron chi connectivity index (χ3n) is 6.05. The van der Waals surface area contributed by atoms with E-state index in [1.165, 1.54) is 11.1 Å². The first kappa shape index (κ1) is 18.6. The molecule has 1 spiro atoms. The molecule has 6 nitrogen and oxygen atoms in total. The summed E-state index contributed by atoms with van der Waals surface area (Å²) in [5.41, 5.74) is 2.53. The lowest BCUT2D eigenvalue weighted by atomic mass is 9.76. The maximum atomic E-state index is 13.6. The van der Waals surface area contributed by atoms with Gasteiger partial charge in [0.2, 0.25) is 5.90 Å². The number of allylic oxidation sites excluding steroid dienone is 1. The van der Waals surface area contributed by atoms with E-state index in [1.807, 2.05) is 29.2 Å². The van der Waals surface area contributed by atoms with Crippen LogP contribution in [0.15, 0.2) is 47.0 Å². The number of carbonyl (C=O) groups is 1. The molecule has 2 bridgehead atoms. The van der Waals surface area contributed by atoms with E-state index in [0.29, 0.717) is 18.2 Å². The molecule has 1 aliphatic carbocycles. The number of carbonyl (C=O) groups excluding carboxylic acids is 1. The van der Waals surface area contributed by atoms with Crippen molar-refractivity contribution in [1.29, 1.82) is 0 Å². The molecule has 2 unspecified atom stereocenters. The quantitative estimate of drug-likeness (QED) is 0.709. The Labute approximate surface area is 165 Å². The van der Waals surface area contributed by atoms with Crippen LogP contribution in [0.1, 0.15) is 31.2 Å². The van der Waals surface area contributed by atoms with E-state index in [9.17, 15) is 4.79 Å². The van der Waals surface area contributed by atoms with Crippen molar-refractivity contribution in [3.8, 4) is 11.5 Å². The molecule has 1 aromatic rings. The van der Waals surface area contributed by atoms with Crippen molar-refractivity contribution in [2.75, 3.05) is 21.3 Å². The highest BCUT2D eigenvalue weighted by Gasteiger charge is 2.59. The second-order valence-electron chi connectivity index (χ2n) is 7.38. The molecule has 2 atom stereocenters. The van der Waals surface area contributed by atoms with Crippen LogP contribution in [0.4, 0.5) is 0 Å². The van der Waals surface area contributed by atoms with Gasteiger partial charge in [-0.15, -0.1) is 6.58 Å². The summed E-state index contributed by atoms with van der Waals surface area (Å²) >= 11 is 0. The lowest BCUT2D eigenvalue weighted by Crippen LogP contribution is -2.63. The van der Waals surface area contributed by atoms with Gasteiger partial charge in [0.1, 0.15) is 17.5 Å². The Morgan fingerprint density at radius 3 is 2.79 bits per heavy atom. The number of hydrogen-bond acceptors (Lipinski definition) is 5. The van der Waals surface area contributed by atoms with Gasteiger partial charge in [0.25, 0.3) is 5.91 Å². The molecule has 0 N–H and O–H groups in total. The average molecular weight is 382 g/mol. The molecular weight excluding hydrogens is 356 g/mol. The SMILES string of the molecule is C=CCC1=C2CCCC23N=C(OC)C1N(Cc1ccc(OC)cc1OC)C3=O. The number of hydrogen-bond donors (Lipinski definition) is 0. The standard InChI is InChI=1S/C22H26N2O4/c1-5-7-16-17-8-6-11-22(17)21(25)24(19(16)20(23-22)28-4)13-14-9-10-15(26-2)12-18(14)27-3/h5,9-10,12,19H,1,6-8,11,13H2,2-4H3. The zero-order valence-electron chi connectivity index (χ0n) is 16.7. The highest BCUT2D eigenvalue weighted by Crippen LogP contribution is 2.51. The van der Waals surface area contributed by atoms with Gasteiger partial charge in [-0.3, -0.25) is 4.79 Å². The van der Waals surface area contributed by atoms with Gasteiger partial charge in [-0.1, -0.05) is 6.08 Å². The summed E-state index contributed by atoms with van der Waals surface area (Å²) in [5.74, 6) is 2.10. The van der Waals surface area contributed by atoms with Gasteiger partial charge in [0, 0.05) is 11.6 Å². The first-order valence-corrected chi connectivity index (χ1v) is 9.58. The summed E-state index contributed by atoms with van der Waals surface area (Å²) in [5, 5.41) is 0. The highest BCUT2D eigenvalue weighted by atomic mass is 16.5. The van der Waals surface area contributed by atoms with Crippen LogP contribution in [0.2, 0.25) is 0 Å². The molecule has 0 radical (unpaired) electrons. The fourth-order valence-electron chi connectivity index (χ4n) is 4.83. The van der Waals surface area contributed by atoms with Crippen molar-refractivity contribution in [1.82, 2.24) is 4.90 Å². The fraction of sp³-hybridized carbons (Fsp3) is 0.455. The van der Waals surface area contributed by atoms with Gasteiger partial charge in [-0.05, 0) is 49.0 Å². The number of nitrogens with zero attached hydrogens (tertiary/aromatic N) is 2. The second kappa shape index (κ2) is 7.00. The van der Waals surface area contributed by atoms with Crippen molar-refractivity contribution in [2.24, 2.45) is 4.99 Å². The number of methoxy groups -OCH3 is 3. The molecule has 148 valence electrons. The second-order valence-corrected chi connectivity index (χ2v) is 7.38. The number of aliphatic imine (C=N–C) groups is 1. The van der Waals surface area contributed by atoms with E-state index >= 15 is 0 Å². The topological polar surface area (TPSA) is 60.4 Å². The van der Waals surface area contributed by atoms with E-state index in [4.69, 9.17) is 19.2 Å². The Balaban J connectivity index is 1.78. The average Bonchev–Trinajstić information content (AvgIpc) is 3.16. The molecule has 4 aliphatic rings. The van der Waals surface area contributed by atoms with E-state index in [2.05, 4.69) is 6.58 Å². The number of dihydropyridines is 1. The largest absolute Gasteiger partial charge is 0.497 e. The summed E-state index contributed by atoms with van der Waals surface area (Å²) < 4.78 is 16.5. The zero-order chi connectivity index (χ0) is 19.9. The van der Waals surface area contributed by atoms with Crippen molar-refractivity contribution in [3.05, 3.63) is 47.6 Å². The summed E-state index contributed by atoms with van der Waals surface area (Å²) in [7, 11) is 4.88. The first-order valence-electron chi connectivity index (χ1n) is 9.58. The van der Waals surface area contributed by atoms with Gasteiger partial charge in [0.15, 0.2) is 5.54 Å². The number of rotatable bonds is 6.